The van der Waals surface area contributed by atoms with Crippen LogP contribution in [0.25, 0.3) is 0 Å². The number of para-hydroxylation sites is 1. The van der Waals surface area contributed by atoms with Gasteiger partial charge in [0.1, 0.15) is 5.54 Å². The second-order valence-electron chi connectivity index (χ2n) is 7.28. The summed E-state index contributed by atoms with van der Waals surface area (Å²) < 4.78 is 0. The van der Waals surface area contributed by atoms with Crippen molar-refractivity contribution in [3.05, 3.63) is 30.3 Å². The van der Waals surface area contributed by atoms with Crippen molar-refractivity contribution >= 4 is 30.0 Å². The van der Waals surface area contributed by atoms with Crippen LogP contribution in [0.4, 0.5) is 10.5 Å². The van der Waals surface area contributed by atoms with Crippen molar-refractivity contribution < 1.29 is 9.59 Å². The fourth-order valence-corrected chi connectivity index (χ4v) is 3.28. The van der Waals surface area contributed by atoms with Crippen LogP contribution in [0.3, 0.4) is 0 Å². The van der Waals surface area contributed by atoms with E-state index in [1.807, 2.05) is 18.2 Å². The topological polar surface area (TPSA) is 96.2 Å². The van der Waals surface area contributed by atoms with Crippen molar-refractivity contribution in [2.45, 2.75) is 57.5 Å². The van der Waals surface area contributed by atoms with Crippen LogP contribution in [0.5, 0.6) is 0 Å². The maximum absolute atomic E-state index is 12.7. The Bertz CT molecular complexity index is 574. The molecule has 0 heterocycles. The van der Waals surface area contributed by atoms with Gasteiger partial charge in [0, 0.05) is 18.3 Å². The van der Waals surface area contributed by atoms with Gasteiger partial charge in [0.05, 0.1) is 0 Å². The molecule has 0 saturated heterocycles. The van der Waals surface area contributed by atoms with Crippen LogP contribution in [-0.4, -0.2) is 30.1 Å². The molecule has 146 valence electrons. The van der Waals surface area contributed by atoms with Gasteiger partial charge in [-0.1, -0.05) is 37.5 Å². The monoisotopic (exact) mass is 382 g/mol. The number of carbonyl (C=O) groups is 2. The van der Waals surface area contributed by atoms with Crippen LogP contribution < -0.4 is 21.7 Å². The summed E-state index contributed by atoms with van der Waals surface area (Å²) in [5.41, 5.74) is 5.54. The van der Waals surface area contributed by atoms with Crippen molar-refractivity contribution in [2.24, 2.45) is 11.7 Å². The Morgan fingerprint density at radius 1 is 1.15 bits per heavy atom. The molecule has 1 atom stereocenters. The van der Waals surface area contributed by atoms with Crippen molar-refractivity contribution in [1.29, 1.82) is 0 Å². The third-order valence-electron chi connectivity index (χ3n) is 4.81. The first-order valence-corrected chi connectivity index (χ1v) is 9.07. The van der Waals surface area contributed by atoms with E-state index < -0.39 is 11.6 Å². The lowest BCUT2D eigenvalue weighted by atomic mass is 9.83. The average Bonchev–Trinajstić information content (AvgIpc) is 2.60. The Morgan fingerprint density at radius 2 is 1.77 bits per heavy atom. The van der Waals surface area contributed by atoms with Gasteiger partial charge in [0.2, 0.25) is 5.91 Å². The summed E-state index contributed by atoms with van der Waals surface area (Å²) in [6.45, 7) is 3.81. The number of amides is 3. The largest absolute Gasteiger partial charge is 0.350 e. The summed E-state index contributed by atoms with van der Waals surface area (Å²) in [5, 5.41) is 8.50. The van der Waals surface area contributed by atoms with Crippen LogP contribution >= 0.6 is 12.4 Å². The fraction of sp³-hybridized carbons (Fsp3) is 0.579. The Morgan fingerprint density at radius 3 is 2.35 bits per heavy atom. The molecular formula is C19H31ClN4O2. The number of hydrogen-bond acceptors (Lipinski definition) is 3. The quantitative estimate of drug-likeness (QED) is 0.608. The van der Waals surface area contributed by atoms with Gasteiger partial charge in [-0.2, -0.15) is 0 Å². The predicted molar refractivity (Wildman–Crippen MR) is 107 cm³/mol. The van der Waals surface area contributed by atoms with Crippen LogP contribution in [0.1, 0.15) is 46.0 Å². The standard InChI is InChI=1S/C19H30N4O2.ClH/c1-19(2,23-18(25)21-15-11-7-4-8-12-15)17(24)22-16(13-20)14-9-5-3-6-10-14;/h4,7-8,11-12,14,16H,3,5-6,9-10,13,20H2,1-2H3,(H,22,24)(H2,21,23,25);1H. The number of carbonyl (C=O) groups excluding carboxylic acids is 2. The van der Waals surface area contributed by atoms with Crippen LogP contribution in [0, 0.1) is 5.92 Å². The van der Waals surface area contributed by atoms with Gasteiger partial charge in [0.25, 0.3) is 0 Å². The molecule has 2 rings (SSSR count). The molecule has 6 nitrogen and oxygen atoms in total. The second kappa shape index (κ2) is 10.4. The highest BCUT2D eigenvalue weighted by atomic mass is 35.5. The second-order valence-corrected chi connectivity index (χ2v) is 7.28. The SMILES string of the molecule is CC(C)(NC(=O)Nc1ccccc1)C(=O)NC(CN)C1CCCCC1.Cl. The average molecular weight is 383 g/mol. The number of rotatable bonds is 6. The summed E-state index contributed by atoms with van der Waals surface area (Å²) in [7, 11) is 0. The normalized spacial score (nSPS) is 16.1. The molecule has 0 aromatic heterocycles. The van der Waals surface area contributed by atoms with E-state index in [9.17, 15) is 9.59 Å². The van der Waals surface area contributed by atoms with Crippen LogP contribution in [-0.2, 0) is 4.79 Å². The van der Waals surface area contributed by atoms with Crippen molar-refractivity contribution in [3.8, 4) is 0 Å². The molecule has 26 heavy (non-hydrogen) atoms. The van der Waals surface area contributed by atoms with Gasteiger partial charge in [0.15, 0.2) is 0 Å². The Balaban J connectivity index is 0.00000338. The lowest BCUT2D eigenvalue weighted by Gasteiger charge is -2.33. The number of urea groups is 1. The van der Waals surface area contributed by atoms with E-state index in [-0.39, 0.29) is 24.4 Å². The molecule has 1 aromatic rings. The molecule has 1 fully saturated rings. The zero-order valence-corrected chi connectivity index (χ0v) is 16.4. The fourth-order valence-electron chi connectivity index (χ4n) is 3.28. The van der Waals surface area contributed by atoms with Gasteiger partial charge in [-0.15, -0.1) is 12.4 Å². The summed E-state index contributed by atoms with van der Waals surface area (Å²) in [4.78, 5) is 24.8. The number of nitrogens with two attached hydrogens (primary N) is 1. The third-order valence-corrected chi connectivity index (χ3v) is 4.81. The van der Waals surface area contributed by atoms with E-state index >= 15 is 0 Å². The Kier molecular flexibility index (Phi) is 8.88. The lowest BCUT2D eigenvalue weighted by molar-refractivity contribution is -0.127. The summed E-state index contributed by atoms with van der Waals surface area (Å²) in [5.74, 6) is 0.216. The zero-order valence-electron chi connectivity index (χ0n) is 15.6. The van der Waals surface area contributed by atoms with E-state index in [0.717, 1.165) is 12.8 Å². The number of benzene rings is 1. The van der Waals surface area contributed by atoms with Gasteiger partial charge < -0.3 is 21.7 Å². The highest BCUT2D eigenvalue weighted by Crippen LogP contribution is 2.26. The molecule has 1 aliphatic rings. The maximum Gasteiger partial charge on any atom is 0.320 e. The highest BCUT2D eigenvalue weighted by molar-refractivity contribution is 5.95. The summed E-state index contributed by atoms with van der Waals surface area (Å²) in [6.07, 6.45) is 5.85. The first-order chi connectivity index (χ1) is 11.9. The minimum Gasteiger partial charge on any atom is -0.350 e. The molecule has 7 heteroatoms. The number of anilines is 1. The van der Waals surface area contributed by atoms with Gasteiger partial charge in [-0.3, -0.25) is 4.79 Å². The van der Waals surface area contributed by atoms with E-state index in [2.05, 4.69) is 16.0 Å². The van der Waals surface area contributed by atoms with Gasteiger partial charge in [-0.05, 0) is 44.7 Å². The summed E-state index contributed by atoms with van der Waals surface area (Å²) in [6, 6.07) is 8.69. The predicted octanol–water partition coefficient (Wildman–Crippen LogP) is 3.03. The molecule has 0 aliphatic heterocycles. The van der Waals surface area contributed by atoms with Crippen LogP contribution in [0.15, 0.2) is 30.3 Å². The summed E-state index contributed by atoms with van der Waals surface area (Å²) >= 11 is 0. The molecule has 1 aromatic carbocycles. The van der Waals surface area contributed by atoms with Crippen molar-refractivity contribution in [2.75, 3.05) is 11.9 Å². The van der Waals surface area contributed by atoms with Gasteiger partial charge >= 0.3 is 6.03 Å². The van der Waals surface area contributed by atoms with Gasteiger partial charge in [-0.25, -0.2) is 4.79 Å². The molecule has 0 bridgehead atoms. The van der Waals surface area contributed by atoms with E-state index in [0.29, 0.717) is 18.2 Å². The Hall–Kier alpha value is -1.79. The minimum atomic E-state index is -1.03. The van der Waals surface area contributed by atoms with Crippen molar-refractivity contribution in [3.63, 3.8) is 0 Å². The Labute approximate surface area is 162 Å². The first-order valence-electron chi connectivity index (χ1n) is 9.07. The van der Waals surface area contributed by atoms with Crippen molar-refractivity contribution in [1.82, 2.24) is 10.6 Å². The first kappa shape index (κ1) is 22.3. The lowest BCUT2D eigenvalue weighted by Crippen LogP contribution is -2.59. The van der Waals surface area contributed by atoms with E-state index in [1.165, 1.54) is 19.3 Å². The molecule has 5 N–H and O–H groups in total. The molecular weight excluding hydrogens is 352 g/mol. The minimum absolute atomic E-state index is 0. The van der Waals surface area contributed by atoms with E-state index in [4.69, 9.17) is 5.73 Å². The number of nitrogens with one attached hydrogen (secondary N) is 3. The van der Waals surface area contributed by atoms with E-state index in [1.54, 1.807) is 26.0 Å². The smallest absolute Gasteiger partial charge is 0.320 e. The zero-order chi connectivity index (χ0) is 18.3. The molecule has 3 amide bonds. The molecule has 0 radical (unpaired) electrons. The molecule has 1 unspecified atom stereocenters. The van der Waals surface area contributed by atoms with Crippen LogP contribution in [0.2, 0.25) is 0 Å². The number of hydrogen-bond donors (Lipinski definition) is 4. The molecule has 1 aliphatic carbocycles. The third kappa shape index (κ3) is 6.50. The molecule has 1 saturated carbocycles. The molecule has 0 spiro atoms. The maximum atomic E-state index is 12.7. The number of halogens is 1. The highest BCUT2D eigenvalue weighted by Gasteiger charge is 2.33.